The van der Waals surface area contributed by atoms with Gasteiger partial charge in [-0.15, -0.1) is 11.6 Å². The number of amides is 2. The lowest BCUT2D eigenvalue weighted by Crippen LogP contribution is -2.40. The normalized spacial score (nSPS) is 14.3. The Bertz CT molecular complexity index is 622. The molecule has 0 bridgehead atoms. The van der Waals surface area contributed by atoms with Gasteiger partial charge in [0.25, 0.3) is 5.91 Å². The number of carbonyl (C=O) groups excluding carboxylic acids is 2. The largest absolute Gasteiger partial charge is 0.444 e. The maximum atomic E-state index is 12.4. The number of rotatable bonds is 4. The van der Waals surface area contributed by atoms with Gasteiger partial charge >= 0.3 is 6.09 Å². The zero-order valence-electron chi connectivity index (χ0n) is 14.7. The summed E-state index contributed by atoms with van der Waals surface area (Å²) in [7, 11) is 1.74. The van der Waals surface area contributed by atoms with Gasteiger partial charge in [0.2, 0.25) is 0 Å². The molecule has 7 nitrogen and oxygen atoms in total. The molecule has 8 heteroatoms. The van der Waals surface area contributed by atoms with Crippen LogP contribution in [0.15, 0.2) is 0 Å². The van der Waals surface area contributed by atoms with Crippen molar-refractivity contribution in [3.63, 3.8) is 0 Å². The number of nitrogens with zero attached hydrogens (tertiary/aromatic N) is 3. The Hall–Kier alpha value is -1.76. The van der Waals surface area contributed by atoms with E-state index in [2.05, 4.69) is 10.4 Å². The zero-order valence-corrected chi connectivity index (χ0v) is 15.4. The third-order valence-corrected chi connectivity index (χ3v) is 3.93. The highest BCUT2D eigenvalue weighted by Crippen LogP contribution is 2.23. The third-order valence-electron chi connectivity index (χ3n) is 3.66. The molecule has 0 aliphatic carbocycles. The predicted molar refractivity (Wildman–Crippen MR) is 91.2 cm³/mol. The Kier molecular flexibility index (Phi) is 5.74. The van der Waals surface area contributed by atoms with Gasteiger partial charge in [-0.1, -0.05) is 0 Å². The summed E-state index contributed by atoms with van der Waals surface area (Å²) < 4.78 is 7.01. The summed E-state index contributed by atoms with van der Waals surface area (Å²) >= 11 is 5.64. The molecule has 1 aliphatic heterocycles. The van der Waals surface area contributed by atoms with Crippen molar-refractivity contribution < 1.29 is 14.3 Å². The minimum atomic E-state index is -0.548. The second kappa shape index (κ2) is 7.42. The molecule has 1 aliphatic rings. The van der Waals surface area contributed by atoms with Gasteiger partial charge in [-0.25, -0.2) is 4.79 Å². The molecule has 2 heterocycles. The minimum Gasteiger partial charge on any atom is -0.444 e. The highest BCUT2D eigenvalue weighted by molar-refractivity contribution is 6.17. The molecule has 0 fully saturated rings. The summed E-state index contributed by atoms with van der Waals surface area (Å²) in [6.07, 6.45) is 0.944. The first-order chi connectivity index (χ1) is 11.2. The summed E-state index contributed by atoms with van der Waals surface area (Å²) in [5.41, 5.74) is 1.60. The molecule has 1 aromatic heterocycles. The van der Waals surface area contributed by atoms with E-state index in [1.807, 2.05) is 20.8 Å². The van der Waals surface area contributed by atoms with Crippen LogP contribution in [0.25, 0.3) is 0 Å². The number of nitrogens with one attached hydrogen (secondary N) is 1. The van der Waals surface area contributed by atoms with Crippen molar-refractivity contribution in [1.29, 1.82) is 0 Å². The van der Waals surface area contributed by atoms with Crippen LogP contribution in [0.1, 0.15) is 48.9 Å². The molecule has 24 heavy (non-hydrogen) atoms. The van der Waals surface area contributed by atoms with Gasteiger partial charge in [0.1, 0.15) is 11.3 Å². The topological polar surface area (TPSA) is 76.5 Å². The monoisotopic (exact) mass is 356 g/mol. The van der Waals surface area contributed by atoms with Crippen molar-refractivity contribution in [3.05, 3.63) is 17.0 Å². The fourth-order valence-electron chi connectivity index (χ4n) is 2.62. The lowest BCUT2D eigenvalue weighted by Gasteiger charge is -2.29. The van der Waals surface area contributed by atoms with E-state index >= 15 is 0 Å². The second-order valence-corrected chi connectivity index (χ2v) is 7.23. The highest BCUT2D eigenvalue weighted by atomic mass is 35.5. The molecule has 0 spiro atoms. The van der Waals surface area contributed by atoms with Gasteiger partial charge in [0, 0.05) is 38.0 Å². The molecule has 0 radical (unpaired) electrons. The van der Waals surface area contributed by atoms with Crippen LogP contribution in [0.5, 0.6) is 0 Å². The Labute approximate surface area is 147 Å². The zero-order chi connectivity index (χ0) is 17.9. The van der Waals surface area contributed by atoms with Gasteiger partial charge in [0.05, 0.1) is 12.2 Å². The smallest absolute Gasteiger partial charge is 0.410 e. The Balaban J connectivity index is 2.15. The van der Waals surface area contributed by atoms with Crippen molar-refractivity contribution in [2.24, 2.45) is 7.05 Å². The average molecular weight is 357 g/mol. The number of aryl methyl sites for hydroxylation is 1. The number of ether oxygens (including phenoxy) is 1. The molecule has 134 valence electrons. The molecule has 2 rings (SSSR count). The van der Waals surface area contributed by atoms with E-state index in [1.165, 1.54) is 0 Å². The van der Waals surface area contributed by atoms with Crippen LogP contribution in [0.4, 0.5) is 4.79 Å². The van der Waals surface area contributed by atoms with Crippen LogP contribution in [-0.4, -0.2) is 51.3 Å². The van der Waals surface area contributed by atoms with E-state index in [4.69, 9.17) is 16.3 Å². The first-order valence-electron chi connectivity index (χ1n) is 8.09. The lowest BCUT2D eigenvalue weighted by molar-refractivity contribution is 0.0222. The minimum absolute atomic E-state index is 0.192. The second-order valence-electron chi connectivity index (χ2n) is 6.85. The van der Waals surface area contributed by atoms with Gasteiger partial charge in [-0.3, -0.25) is 9.48 Å². The first-order valence-corrected chi connectivity index (χ1v) is 8.63. The number of carbonyl (C=O) groups is 2. The van der Waals surface area contributed by atoms with Crippen LogP contribution < -0.4 is 5.32 Å². The number of alkyl halides is 1. The number of hydrogen-bond donors (Lipinski definition) is 1. The van der Waals surface area contributed by atoms with Gasteiger partial charge < -0.3 is 15.0 Å². The highest BCUT2D eigenvalue weighted by Gasteiger charge is 2.31. The van der Waals surface area contributed by atoms with Crippen LogP contribution in [0.3, 0.4) is 0 Å². The van der Waals surface area contributed by atoms with Gasteiger partial charge in [-0.2, -0.15) is 5.10 Å². The van der Waals surface area contributed by atoms with E-state index in [-0.39, 0.29) is 12.0 Å². The summed E-state index contributed by atoms with van der Waals surface area (Å²) in [5, 5.41) is 7.26. The molecule has 0 saturated carbocycles. The fourth-order valence-corrected chi connectivity index (χ4v) is 2.75. The van der Waals surface area contributed by atoms with Crippen molar-refractivity contribution in [2.45, 2.75) is 45.8 Å². The van der Waals surface area contributed by atoms with Gasteiger partial charge in [-0.05, 0) is 27.2 Å². The quantitative estimate of drug-likeness (QED) is 0.662. The van der Waals surface area contributed by atoms with Crippen LogP contribution in [0, 0.1) is 0 Å². The molecule has 1 N–H and O–H groups in total. The molecule has 0 unspecified atom stereocenters. The van der Waals surface area contributed by atoms with Crippen LogP contribution in [-0.2, 0) is 24.8 Å². The molecule has 0 aromatic carbocycles. The van der Waals surface area contributed by atoms with E-state index in [0.717, 1.165) is 11.3 Å². The van der Waals surface area contributed by atoms with Crippen molar-refractivity contribution >= 4 is 23.6 Å². The maximum Gasteiger partial charge on any atom is 0.410 e. The number of halogens is 1. The fraction of sp³-hybridized carbons (Fsp3) is 0.688. The summed E-state index contributed by atoms with van der Waals surface area (Å²) in [6, 6.07) is 0. The van der Waals surface area contributed by atoms with Gasteiger partial charge in [0.15, 0.2) is 0 Å². The Morgan fingerprint density at radius 1 is 1.38 bits per heavy atom. The standard InChI is InChI=1S/C16H25ClN4O3/c1-16(2,3)24-15(23)21-9-6-12-11(10-21)13(20(4)19-12)14(22)18-8-5-7-17/h5-10H2,1-4H3,(H,18,22). The summed E-state index contributed by atoms with van der Waals surface area (Å²) in [5.74, 6) is 0.304. The average Bonchev–Trinajstić information content (AvgIpc) is 2.80. The summed E-state index contributed by atoms with van der Waals surface area (Å²) in [4.78, 5) is 26.3. The predicted octanol–water partition coefficient (Wildman–Crippen LogP) is 2.07. The first kappa shape index (κ1) is 18.6. The molecule has 2 amide bonds. The number of fused-ring (bicyclic) bond motifs is 1. The van der Waals surface area contributed by atoms with Crippen molar-refractivity contribution in [1.82, 2.24) is 20.0 Å². The van der Waals surface area contributed by atoms with E-state index < -0.39 is 5.60 Å². The van der Waals surface area contributed by atoms with E-state index in [0.29, 0.717) is 44.0 Å². The summed E-state index contributed by atoms with van der Waals surface area (Å²) in [6.45, 7) is 6.88. The molecular formula is C16H25ClN4O3. The Morgan fingerprint density at radius 2 is 2.08 bits per heavy atom. The third kappa shape index (κ3) is 4.41. The van der Waals surface area contributed by atoms with E-state index in [1.54, 1.807) is 16.6 Å². The number of hydrogen-bond acceptors (Lipinski definition) is 4. The lowest BCUT2D eigenvalue weighted by atomic mass is 10.1. The molecular weight excluding hydrogens is 332 g/mol. The van der Waals surface area contributed by atoms with Crippen molar-refractivity contribution in [2.75, 3.05) is 19.0 Å². The Morgan fingerprint density at radius 3 is 2.71 bits per heavy atom. The molecule has 0 saturated heterocycles. The maximum absolute atomic E-state index is 12.4. The molecule has 0 atom stereocenters. The SMILES string of the molecule is Cn1nc2c(c1C(=O)NCCCCl)CN(C(=O)OC(C)(C)C)CC2. The van der Waals surface area contributed by atoms with Crippen LogP contribution in [0.2, 0.25) is 0 Å². The molecule has 1 aromatic rings. The number of aromatic nitrogens is 2. The van der Waals surface area contributed by atoms with Crippen molar-refractivity contribution in [3.8, 4) is 0 Å². The van der Waals surface area contributed by atoms with E-state index in [9.17, 15) is 9.59 Å². The van der Waals surface area contributed by atoms with Crippen LogP contribution >= 0.6 is 11.6 Å².